The number of aliphatic hydroxyl groups is 1. The Balaban J connectivity index is 1.44. The van der Waals surface area contributed by atoms with Gasteiger partial charge in [-0.15, -0.1) is 0 Å². The fourth-order valence-electron chi connectivity index (χ4n) is 2.55. The first kappa shape index (κ1) is 21.3. The molecule has 0 radical (unpaired) electrons. The van der Waals surface area contributed by atoms with Crippen molar-refractivity contribution in [3.8, 4) is 0 Å². The van der Waals surface area contributed by atoms with Crippen LogP contribution >= 0.6 is 35.1 Å². The third-order valence-electron chi connectivity index (χ3n) is 3.91. The van der Waals surface area contributed by atoms with Gasteiger partial charge in [-0.1, -0.05) is 23.2 Å². The minimum absolute atomic E-state index is 0.321. The second-order valence-corrected chi connectivity index (χ2v) is 7.83. The smallest absolute Gasteiger partial charge is 0.0791 e. The van der Waals surface area contributed by atoms with Crippen molar-refractivity contribution < 1.29 is 9.84 Å². The molecule has 1 aromatic carbocycles. The van der Waals surface area contributed by atoms with E-state index in [0.29, 0.717) is 16.6 Å². The van der Waals surface area contributed by atoms with Crippen molar-refractivity contribution in [3.63, 3.8) is 0 Å². The Morgan fingerprint density at radius 3 is 2.72 bits per heavy atom. The highest BCUT2D eigenvalue weighted by atomic mass is 35.5. The molecule has 1 fully saturated rings. The molecule has 142 valence electrons. The van der Waals surface area contributed by atoms with Gasteiger partial charge >= 0.3 is 0 Å². The van der Waals surface area contributed by atoms with Crippen molar-refractivity contribution in [2.24, 2.45) is 0 Å². The van der Waals surface area contributed by atoms with Gasteiger partial charge in [0.15, 0.2) is 0 Å². The number of nitrogens with zero attached hydrogens (tertiary/aromatic N) is 1. The maximum absolute atomic E-state index is 10.0. The molecule has 5 nitrogen and oxygen atoms in total. The van der Waals surface area contributed by atoms with Gasteiger partial charge in [0.25, 0.3) is 0 Å². The molecular formula is C17H27Cl2N3O2S. The Morgan fingerprint density at radius 1 is 1.20 bits per heavy atom. The van der Waals surface area contributed by atoms with Gasteiger partial charge in [0.2, 0.25) is 0 Å². The molecule has 1 saturated heterocycles. The molecule has 0 aliphatic carbocycles. The summed E-state index contributed by atoms with van der Waals surface area (Å²) in [5, 5.41) is 14.7. The van der Waals surface area contributed by atoms with Gasteiger partial charge in [-0.3, -0.25) is 9.62 Å². The highest BCUT2D eigenvalue weighted by Gasteiger charge is 2.14. The van der Waals surface area contributed by atoms with Crippen LogP contribution < -0.4 is 10.0 Å². The largest absolute Gasteiger partial charge is 0.390 e. The third-order valence-corrected chi connectivity index (χ3v) is 5.50. The molecule has 1 aliphatic heterocycles. The number of morpholine rings is 1. The first-order chi connectivity index (χ1) is 12.1. The number of unbranched alkanes of at least 4 members (excludes halogenated alkanes) is 1. The van der Waals surface area contributed by atoms with Crippen LogP contribution in [-0.4, -0.2) is 68.6 Å². The third kappa shape index (κ3) is 8.93. The molecule has 0 saturated carbocycles. The molecule has 1 aromatic rings. The molecule has 1 aliphatic rings. The molecule has 1 unspecified atom stereocenters. The number of rotatable bonds is 11. The summed E-state index contributed by atoms with van der Waals surface area (Å²) in [4.78, 5) is 3.23. The summed E-state index contributed by atoms with van der Waals surface area (Å²) in [6, 6.07) is 5.50. The number of halogens is 2. The van der Waals surface area contributed by atoms with Crippen molar-refractivity contribution in [2.45, 2.75) is 23.8 Å². The first-order valence-corrected chi connectivity index (χ1v) is 10.3. The lowest BCUT2D eigenvalue weighted by atomic mass is 10.2. The number of β-amino-alcohol motifs (C(OH)–C–C–N with tert-alkyl or cyclic N) is 1. The van der Waals surface area contributed by atoms with Crippen LogP contribution in [0.2, 0.25) is 10.0 Å². The van der Waals surface area contributed by atoms with Gasteiger partial charge in [-0.2, -0.15) is 0 Å². The summed E-state index contributed by atoms with van der Waals surface area (Å²) in [7, 11) is 0. The lowest BCUT2D eigenvalue weighted by molar-refractivity contribution is 0.0149. The molecular weight excluding hydrogens is 381 g/mol. The Labute approximate surface area is 164 Å². The highest BCUT2D eigenvalue weighted by Crippen LogP contribution is 2.27. The second kappa shape index (κ2) is 12.4. The number of nitrogens with one attached hydrogen (secondary N) is 2. The minimum Gasteiger partial charge on any atom is -0.390 e. The van der Waals surface area contributed by atoms with Crippen molar-refractivity contribution in [1.29, 1.82) is 0 Å². The van der Waals surface area contributed by atoms with Crippen LogP contribution in [0.3, 0.4) is 0 Å². The van der Waals surface area contributed by atoms with Crippen LogP contribution in [-0.2, 0) is 4.74 Å². The minimum atomic E-state index is -0.321. The zero-order valence-electron chi connectivity index (χ0n) is 14.3. The van der Waals surface area contributed by atoms with E-state index < -0.39 is 0 Å². The summed E-state index contributed by atoms with van der Waals surface area (Å²) in [6.45, 7) is 6.54. The zero-order valence-corrected chi connectivity index (χ0v) is 16.7. The predicted octanol–water partition coefficient (Wildman–Crippen LogP) is 2.65. The molecule has 1 heterocycles. The highest BCUT2D eigenvalue weighted by molar-refractivity contribution is 7.97. The van der Waals surface area contributed by atoms with E-state index in [9.17, 15) is 5.11 Å². The van der Waals surface area contributed by atoms with Crippen LogP contribution in [0.25, 0.3) is 0 Å². The van der Waals surface area contributed by atoms with Gasteiger partial charge < -0.3 is 15.2 Å². The molecule has 1 atom stereocenters. The van der Waals surface area contributed by atoms with Crippen LogP contribution in [0, 0.1) is 0 Å². The van der Waals surface area contributed by atoms with Gasteiger partial charge in [0.05, 0.1) is 24.3 Å². The van der Waals surface area contributed by atoms with E-state index in [1.165, 1.54) is 11.9 Å². The predicted molar refractivity (Wildman–Crippen MR) is 106 cm³/mol. The number of benzene rings is 1. The van der Waals surface area contributed by atoms with E-state index in [2.05, 4.69) is 14.9 Å². The molecule has 3 N–H and O–H groups in total. The van der Waals surface area contributed by atoms with E-state index >= 15 is 0 Å². The van der Waals surface area contributed by atoms with E-state index in [1.54, 1.807) is 6.07 Å². The molecule has 25 heavy (non-hydrogen) atoms. The normalized spacial score (nSPS) is 16.9. The molecule has 8 heteroatoms. The van der Waals surface area contributed by atoms with Crippen LogP contribution in [0.4, 0.5) is 0 Å². The first-order valence-electron chi connectivity index (χ1n) is 8.69. The van der Waals surface area contributed by atoms with Crippen molar-refractivity contribution in [2.75, 3.05) is 52.5 Å². The SMILES string of the molecule is OC(CNCCCCNSc1ccc(Cl)cc1Cl)CN1CCOCC1. The fraction of sp³-hybridized carbons (Fsp3) is 0.647. The second-order valence-electron chi connectivity index (χ2n) is 6.05. The summed E-state index contributed by atoms with van der Waals surface area (Å²) in [5.41, 5.74) is 0. The Morgan fingerprint density at radius 2 is 1.96 bits per heavy atom. The number of hydrogen-bond donors (Lipinski definition) is 3. The van der Waals surface area contributed by atoms with Crippen LogP contribution in [0.15, 0.2) is 23.1 Å². The standard InChI is InChI=1S/C17H27Cl2N3O2S/c18-14-3-4-17(16(19)11-14)25-21-6-2-1-5-20-12-15(23)13-22-7-9-24-10-8-22/h3-4,11,15,20-21,23H,1-2,5-10,12-13H2. The maximum atomic E-state index is 10.0. The van der Waals surface area contributed by atoms with Crippen LogP contribution in [0.1, 0.15) is 12.8 Å². The number of aliphatic hydroxyl groups excluding tert-OH is 1. The average molecular weight is 408 g/mol. The molecule has 0 aromatic heterocycles. The molecule has 0 spiro atoms. The topological polar surface area (TPSA) is 56.8 Å². The Bertz CT molecular complexity index is 505. The van der Waals surface area contributed by atoms with E-state index in [0.717, 1.165) is 63.7 Å². The van der Waals surface area contributed by atoms with Crippen molar-refractivity contribution >= 4 is 35.1 Å². The van der Waals surface area contributed by atoms with E-state index in [1.807, 2.05) is 12.1 Å². The monoisotopic (exact) mass is 407 g/mol. The lowest BCUT2D eigenvalue weighted by Crippen LogP contribution is -2.43. The van der Waals surface area contributed by atoms with Gasteiger partial charge in [-0.05, 0) is 49.5 Å². The zero-order chi connectivity index (χ0) is 17.9. The summed E-state index contributed by atoms with van der Waals surface area (Å²) in [6.07, 6.45) is 1.80. The number of hydrogen-bond acceptors (Lipinski definition) is 6. The Kier molecular flexibility index (Phi) is 10.5. The lowest BCUT2D eigenvalue weighted by Gasteiger charge is -2.28. The van der Waals surface area contributed by atoms with Crippen molar-refractivity contribution in [3.05, 3.63) is 28.2 Å². The molecule has 0 bridgehead atoms. The number of ether oxygens (including phenoxy) is 1. The molecule has 2 rings (SSSR count). The summed E-state index contributed by atoms with van der Waals surface area (Å²) in [5.74, 6) is 0. The van der Waals surface area contributed by atoms with Gasteiger partial charge in [0.1, 0.15) is 0 Å². The van der Waals surface area contributed by atoms with E-state index in [-0.39, 0.29) is 6.10 Å². The molecule has 0 amide bonds. The van der Waals surface area contributed by atoms with E-state index in [4.69, 9.17) is 27.9 Å². The average Bonchev–Trinajstić information content (AvgIpc) is 2.59. The van der Waals surface area contributed by atoms with Gasteiger partial charge in [-0.25, -0.2) is 0 Å². The summed E-state index contributed by atoms with van der Waals surface area (Å²) < 4.78 is 8.62. The van der Waals surface area contributed by atoms with Crippen molar-refractivity contribution in [1.82, 2.24) is 14.9 Å². The quantitative estimate of drug-likeness (QED) is 0.387. The maximum Gasteiger partial charge on any atom is 0.0791 e. The van der Waals surface area contributed by atoms with Crippen LogP contribution in [0.5, 0.6) is 0 Å². The summed E-state index contributed by atoms with van der Waals surface area (Å²) >= 11 is 13.5. The van der Waals surface area contributed by atoms with Gasteiger partial charge in [0, 0.05) is 42.6 Å². The Hall–Kier alpha value is -0.0500. The fourth-order valence-corrected chi connectivity index (χ4v) is 3.77.